The van der Waals surface area contributed by atoms with Gasteiger partial charge >= 0.3 is 5.97 Å². The molecular weight excluding hydrogens is 268 g/mol. The molecule has 3 aromatic rings. The molecule has 0 saturated heterocycles. The second-order valence-corrected chi connectivity index (χ2v) is 4.44. The maximum Gasteiger partial charge on any atom is 0.339 e. The Bertz CT molecular complexity index is 790. The molecule has 0 aliphatic rings. The van der Waals surface area contributed by atoms with Crippen LogP contribution in [0.1, 0.15) is 16.1 Å². The molecule has 6 heteroatoms. The van der Waals surface area contributed by atoms with E-state index in [1.807, 2.05) is 30.3 Å². The molecule has 21 heavy (non-hydrogen) atoms. The highest BCUT2D eigenvalue weighted by Crippen LogP contribution is 2.26. The number of anilines is 1. The molecule has 2 aromatic heterocycles. The molecule has 0 aliphatic heterocycles. The zero-order chi connectivity index (χ0) is 14.7. The van der Waals surface area contributed by atoms with Gasteiger partial charge in [-0.2, -0.15) is 10.2 Å². The second kappa shape index (κ2) is 5.54. The van der Waals surface area contributed by atoms with Gasteiger partial charge in [-0.15, -0.1) is 0 Å². The van der Waals surface area contributed by atoms with Crippen molar-refractivity contribution in [1.29, 1.82) is 0 Å². The first-order valence-electron chi connectivity index (χ1n) is 6.37. The fourth-order valence-electron chi connectivity index (χ4n) is 2.10. The van der Waals surface area contributed by atoms with Crippen molar-refractivity contribution in [2.45, 2.75) is 6.54 Å². The summed E-state index contributed by atoms with van der Waals surface area (Å²) in [5.41, 5.74) is 2.15. The topological polar surface area (TPSA) is 88.0 Å². The molecule has 2 heterocycles. The molecule has 0 aliphatic carbocycles. The van der Waals surface area contributed by atoms with Crippen LogP contribution in [0.15, 0.2) is 48.8 Å². The van der Waals surface area contributed by atoms with Gasteiger partial charge in [0, 0.05) is 17.8 Å². The van der Waals surface area contributed by atoms with Crippen LogP contribution >= 0.6 is 0 Å². The fraction of sp³-hybridized carbons (Fsp3) is 0.0667. The smallest absolute Gasteiger partial charge is 0.339 e. The minimum Gasteiger partial charge on any atom is -0.478 e. The summed E-state index contributed by atoms with van der Waals surface area (Å²) in [6.07, 6.45) is 2.96. The van der Waals surface area contributed by atoms with Gasteiger partial charge in [0.2, 0.25) is 0 Å². The molecule has 0 saturated carbocycles. The van der Waals surface area contributed by atoms with Crippen molar-refractivity contribution in [3.63, 3.8) is 0 Å². The van der Waals surface area contributed by atoms with Gasteiger partial charge in [0.1, 0.15) is 5.56 Å². The Kier molecular flexibility index (Phi) is 3.42. The zero-order valence-electron chi connectivity index (χ0n) is 11.0. The number of fused-ring (bicyclic) bond motifs is 1. The van der Waals surface area contributed by atoms with Gasteiger partial charge in [-0.05, 0) is 18.2 Å². The van der Waals surface area contributed by atoms with E-state index in [9.17, 15) is 9.90 Å². The maximum atomic E-state index is 11.4. The molecule has 0 amide bonds. The Morgan fingerprint density at radius 2 is 2.05 bits per heavy atom. The number of carboxylic acids is 1. The molecule has 1 aromatic carbocycles. The third kappa shape index (κ3) is 2.64. The van der Waals surface area contributed by atoms with Gasteiger partial charge < -0.3 is 10.4 Å². The number of pyridine rings is 1. The summed E-state index contributed by atoms with van der Waals surface area (Å²) in [5, 5.41) is 21.0. The third-order valence-corrected chi connectivity index (χ3v) is 3.08. The molecule has 6 nitrogen and oxygen atoms in total. The van der Waals surface area contributed by atoms with E-state index in [0.29, 0.717) is 12.2 Å². The Morgan fingerprint density at radius 1 is 1.19 bits per heavy atom. The number of carboxylic acid groups (broad SMARTS) is 1. The highest BCUT2D eigenvalue weighted by atomic mass is 16.4. The first-order valence-corrected chi connectivity index (χ1v) is 6.37. The summed E-state index contributed by atoms with van der Waals surface area (Å²) in [5.74, 6) is -1.02. The average Bonchev–Trinajstić information content (AvgIpc) is 2.53. The highest BCUT2D eigenvalue weighted by molar-refractivity contribution is 6.04. The summed E-state index contributed by atoms with van der Waals surface area (Å²) in [6.45, 7) is 0.391. The summed E-state index contributed by atoms with van der Waals surface area (Å²) < 4.78 is 0. The van der Waals surface area contributed by atoms with Crippen LogP contribution in [0.25, 0.3) is 10.9 Å². The monoisotopic (exact) mass is 280 g/mol. The lowest BCUT2D eigenvalue weighted by atomic mass is 10.1. The van der Waals surface area contributed by atoms with Crippen LogP contribution in [0, 0.1) is 0 Å². The molecular formula is C15H12N4O2. The SMILES string of the molecule is O=C(O)c1cnc2ccccc2c1NCc1cccnn1. The van der Waals surface area contributed by atoms with Gasteiger partial charge in [0.05, 0.1) is 23.4 Å². The summed E-state index contributed by atoms with van der Waals surface area (Å²) in [6, 6.07) is 11.0. The number of aromatic carboxylic acids is 1. The van der Waals surface area contributed by atoms with Crippen LogP contribution in [0.2, 0.25) is 0 Å². The Balaban J connectivity index is 2.02. The molecule has 0 fully saturated rings. The van der Waals surface area contributed by atoms with E-state index in [-0.39, 0.29) is 5.56 Å². The molecule has 0 atom stereocenters. The largest absolute Gasteiger partial charge is 0.478 e. The number of rotatable bonds is 4. The fourth-order valence-corrected chi connectivity index (χ4v) is 2.10. The minimum absolute atomic E-state index is 0.137. The van der Waals surface area contributed by atoms with Crippen LogP contribution in [-0.2, 0) is 6.54 Å². The Morgan fingerprint density at radius 3 is 2.81 bits per heavy atom. The molecule has 0 bridgehead atoms. The van der Waals surface area contributed by atoms with E-state index in [1.54, 1.807) is 12.3 Å². The van der Waals surface area contributed by atoms with Gasteiger partial charge in [0.25, 0.3) is 0 Å². The van der Waals surface area contributed by atoms with Crippen molar-refractivity contribution in [2.24, 2.45) is 0 Å². The average molecular weight is 280 g/mol. The van der Waals surface area contributed by atoms with Gasteiger partial charge in [0.15, 0.2) is 0 Å². The van der Waals surface area contributed by atoms with Crippen molar-refractivity contribution in [1.82, 2.24) is 15.2 Å². The van der Waals surface area contributed by atoms with E-state index < -0.39 is 5.97 Å². The predicted octanol–water partition coefficient (Wildman–Crippen LogP) is 2.34. The van der Waals surface area contributed by atoms with Gasteiger partial charge in [-0.1, -0.05) is 18.2 Å². The highest BCUT2D eigenvalue weighted by Gasteiger charge is 2.14. The summed E-state index contributed by atoms with van der Waals surface area (Å²) in [4.78, 5) is 15.5. The van der Waals surface area contributed by atoms with E-state index in [2.05, 4.69) is 20.5 Å². The number of hydrogen-bond donors (Lipinski definition) is 2. The Hall–Kier alpha value is -3.02. The number of carbonyl (C=O) groups is 1. The van der Waals surface area contributed by atoms with Gasteiger partial charge in [-0.25, -0.2) is 4.79 Å². The van der Waals surface area contributed by atoms with Crippen molar-refractivity contribution >= 4 is 22.6 Å². The van der Waals surface area contributed by atoms with Crippen LogP contribution in [0.3, 0.4) is 0 Å². The number of para-hydroxylation sites is 1. The van der Waals surface area contributed by atoms with Crippen LogP contribution in [0.4, 0.5) is 5.69 Å². The maximum absolute atomic E-state index is 11.4. The van der Waals surface area contributed by atoms with E-state index >= 15 is 0 Å². The first kappa shape index (κ1) is 13.0. The van der Waals surface area contributed by atoms with Crippen molar-refractivity contribution < 1.29 is 9.90 Å². The van der Waals surface area contributed by atoms with E-state index in [4.69, 9.17) is 0 Å². The first-order chi connectivity index (χ1) is 10.3. The molecule has 104 valence electrons. The molecule has 0 spiro atoms. The Labute approximate surface area is 120 Å². The normalized spacial score (nSPS) is 10.5. The summed E-state index contributed by atoms with van der Waals surface area (Å²) >= 11 is 0. The van der Waals surface area contributed by atoms with Crippen LogP contribution in [-0.4, -0.2) is 26.3 Å². The standard InChI is InChI=1S/C15H12N4O2/c20-15(21)12-9-16-13-6-2-1-5-11(13)14(12)17-8-10-4-3-7-18-19-10/h1-7,9H,8H2,(H,16,17)(H,20,21). The number of benzene rings is 1. The van der Waals surface area contributed by atoms with Crippen LogP contribution in [0.5, 0.6) is 0 Å². The van der Waals surface area contributed by atoms with E-state index in [0.717, 1.165) is 16.6 Å². The van der Waals surface area contributed by atoms with Crippen molar-refractivity contribution in [3.05, 3.63) is 60.0 Å². The molecule has 0 unspecified atom stereocenters. The predicted molar refractivity (Wildman–Crippen MR) is 78.1 cm³/mol. The zero-order valence-corrected chi connectivity index (χ0v) is 11.0. The third-order valence-electron chi connectivity index (χ3n) is 3.08. The molecule has 0 radical (unpaired) electrons. The number of aromatic nitrogens is 3. The lowest BCUT2D eigenvalue weighted by molar-refractivity contribution is 0.0697. The second-order valence-electron chi connectivity index (χ2n) is 4.44. The van der Waals surface area contributed by atoms with Crippen molar-refractivity contribution in [2.75, 3.05) is 5.32 Å². The summed E-state index contributed by atoms with van der Waals surface area (Å²) in [7, 11) is 0. The molecule has 3 rings (SSSR count). The molecule has 2 N–H and O–H groups in total. The number of nitrogens with zero attached hydrogens (tertiary/aromatic N) is 3. The van der Waals surface area contributed by atoms with Gasteiger partial charge in [-0.3, -0.25) is 4.98 Å². The lowest BCUT2D eigenvalue weighted by Gasteiger charge is -2.12. The quantitative estimate of drug-likeness (QED) is 0.762. The number of hydrogen-bond acceptors (Lipinski definition) is 5. The van der Waals surface area contributed by atoms with Crippen LogP contribution < -0.4 is 5.32 Å². The van der Waals surface area contributed by atoms with Crippen molar-refractivity contribution in [3.8, 4) is 0 Å². The number of nitrogens with one attached hydrogen (secondary N) is 1. The minimum atomic E-state index is -1.02. The van der Waals surface area contributed by atoms with E-state index in [1.165, 1.54) is 6.20 Å². The lowest BCUT2D eigenvalue weighted by Crippen LogP contribution is -2.09.